The van der Waals surface area contributed by atoms with E-state index in [2.05, 4.69) is 15.0 Å². The molecule has 4 rings (SSSR count). The molecule has 1 aromatic heterocycles. The highest BCUT2D eigenvalue weighted by Gasteiger charge is 2.31. The SMILES string of the molecule is CC(=O)c1cccc(-c2cc(Nc3ccc(OC(F)(F)F)cc3)cc(N3CCCC3)n2)c1. The van der Waals surface area contributed by atoms with Gasteiger partial charge in [-0.05, 0) is 56.2 Å². The highest BCUT2D eigenvalue weighted by molar-refractivity contribution is 5.95. The molecule has 1 fully saturated rings. The van der Waals surface area contributed by atoms with Crippen LogP contribution in [0.25, 0.3) is 11.3 Å². The second-order valence-electron chi connectivity index (χ2n) is 7.63. The highest BCUT2D eigenvalue weighted by atomic mass is 19.4. The maximum atomic E-state index is 12.4. The number of pyridine rings is 1. The van der Waals surface area contributed by atoms with Crippen molar-refractivity contribution in [2.45, 2.75) is 26.1 Å². The van der Waals surface area contributed by atoms with Gasteiger partial charge in [0.25, 0.3) is 0 Å². The van der Waals surface area contributed by atoms with Crippen LogP contribution in [0.15, 0.2) is 60.7 Å². The van der Waals surface area contributed by atoms with Crippen LogP contribution in [0.3, 0.4) is 0 Å². The molecule has 1 N–H and O–H groups in total. The summed E-state index contributed by atoms with van der Waals surface area (Å²) < 4.78 is 41.1. The molecule has 0 radical (unpaired) electrons. The first-order chi connectivity index (χ1) is 15.3. The van der Waals surface area contributed by atoms with E-state index in [4.69, 9.17) is 4.98 Å². The lowest BCUT2D eigenvalue weighted by Gasteiger charge is -2.19. The van der Waals surface area contributed by atoms with Crippen LogP contribution in [0.1, 0.15) is 30.1 Å². The molecule has 2 aromatic carbocycles. The lowest BCUT2D eigenvalue weighted by Crippen LogP contribution is -2.19. The average Bonchev–Trinajstić information content (AvgIpc) is 3.29. The molecule has 0 saturated carbocycles. The van der Waals surface area contributed by atoms with Gasteiger partial charge in [-0.3, -0.25) is 4.79 Å². The Morgan fingerprint density at radius 2 is 1.72 bits per heavy atom. The van der Waals surface area contributed by atoms with Gasteiger partial charge in [-0.15, -0.1) is 13.2 Å². The molecule has 1 saturated heterocycles. The molecule has 0 atom stereocenters. The van der Waals surface area contributed by atoms with Crippen LogP contribution in [0, 0.1) is 0 Å². The number of nitrogens with zero attached hydrogens (tertiary/aromatic N) is 2. The Kier molecular flexibility index (Phi) is 6.03. The van der Waals surface area contributed by atoms with Crippen LogP contribution in [-0.2, 0) is 0 Å². The molecule has 0 unspecified atom stereocenters. The molecule has 1 aliphatic rings. The zero-order valence-corrected chi connectivity index (χ0v) is 17.4. The van der Waals surface area contributed by atoms with E-state index in [0.29, 0.717) is 16.9 Å². The number of hydrogen-bond donors (Lipinski definition) is 1. The summed E-state index contributed by atoms with van der Waals surface area (Å²) in [6.45, 7) is 3.34. The van der Waals surface area contributed by atoms with Gasteiger partial charge in [0.05, 0.1) is 5.69 Å². The number of Topliss-reactive ketones (excluding diaryl/α,β-unsaturated/α-hetero) is 1. The van der Waals surface area contributed by atoms with Crippen molar-refractivity contribution < 1.29 is 22.7 Å². The molecule has 166 valence electrons. The number of ether oxygens (including phenoxy) is 1. The maximum Gasteiger partial charge on any atom is 0.573 e. The van der Waals surface area contributed by atoms with Crippen LogP contribution >= 0.6 is 0 Å². The van der Waals surface area contributed by atoms with Crippen molar-refractivity contribution in [3.63, 3.8) is 0 Å². The predicted molar refractivity (Wildman–Crippen MR) is 118 cm³/mol. The number of ketones is 1. The minimum Gasteiger partial charge on any atom is -0.406 e. The van der Waals surface area contributed by atoms with Crippen molar-refractivity contribution in [2.75, 3.05) is 23.3 Å². The first-order valence-corrected chi connectivity index (χ1v) is 10.3. The van der Waals surface area contributed by atoms with E-state index < -0.39 is 6.36 Å². The Balaban J connectivity index is 1.65. The fourth-order valence-electron chi connectivity index (χ4n) is 3.65. The summed E-state index contributed by atoms with van der Waals surface area (Å²) in [5.41, 5.74) is 3.48. The van der Waals surface area contributed by atoms with Crippen LogP contribution in [0.4, 0.5) is 30.4 Å². The molecule has 1 aliphatic heterocycles. The summed E-state index contributed by atoms with van der Waals surface area (Å²) in [6, 6.07) is 16.6. The Morgan fingerprint density at radius 3 is 2.38 bits per heavy atom. The van der Waals surface area contributed by atoms with Gasteiger partial charge in [0.15, 0.2) is 5.78 Å². The number of carbonyl (C=O) groups is 1. The van der Waals surface area contributed by atoms with Crippen LogP contribution in [0.2, 0.25) is 0 Å². The van der Waals surface area contributed by atoms with Gasteiger partial charge in [-0.2, -0.15) is 0 Å². The van der Waals surface area contributed by atoms with E-state index >= 15 is 0 Å². The lowest BCUT2D eigenvalue weighted by atomic mass is 10.0. The van der Waals surface area contributed by atoms with E-state index in [0.717, 1.165) is 43.0 Å². The van der Waals surface area contributed by atoms with Gasteiger partial charge in [0, 0.05) is 41.7 Å². The van der Waals surface area contributed by atoms with Gasteiger partial charge < -0.3 is 15.0 Å². The van der Waals surface area contributed by atoms with E-state index in [1.807, 2.05) is 30.3 Å². The Labute approximate surface area is 183 Å². The zero-order valence-electron chi connectivity index (χ0n) is 17.4. The van der Waals surface area contributed by atoms with Crippen LogP contribution in [-0.4, -0.2) is 30.2 Å². The summed E-state index contributed by atoms with van der Waals surface area (Å²) in [5.74, 6) is 0.507. The van der Waals surface area contributed by atoms with Gasteiger partial charge in [-0.25, -0.2) is 4.98 Å². The van der Waals surface area contributed by atoms with E-state index in [1.165, 1.54) is 31.2 Å². The first kappa shape index (κ1) is 21.7. The quantitative estimate of drug-likeness (QED) is 0.462. The fraction of sp³-hybridized carbons (Fsp3) is 0.250. The molecular formula is C24H22F3N3O2. The van der Waals surface area contributed by atoms with E-state index in [9.17, 15) is 18.0 Å². The van der Waals surface area contributed by atoms with Crippen LogP contribution in [0.5, 0.6) is 5.75 Å². The van der Waals surface area contributed by atoms with Crippen molar-refractivity contribution in [1.82, 2.24) is 4.98 Å². The largest absolute Gasteiger partial charge is 0.573 e. The summed E-state index contributed by atoms with van der Waals surface area (Å²) in [4.78, 5) is 18.8. The molecular weight excluding hydrogens is 419 g/mol. The number of halogens is 3. The van der Waals surface area contributed by atoms with E-state index in [1.54, 1.807) is 6.07 Å². The first-order valence-electron chi connectivity index (χ1n) is 10.3. The normalized spacial score (nSPS) is 13.8. The molecule has 2 heterocycles. The second-order valence-corrected chi connectivity index (χ2v) is 7.63. The van der Waals surface area contributed by atoms with Crippen molar-refractivity contribution in [3.05, 3.63) is 66.2 Å². The number of anilines is 3. The third kappa shape index (κ3) is 5.38. The molecule has 8 heteroatoms. The highest BCUT2D eigenvalue weighted by Crippen LogP contribution is 2.31. The van der Waals surface area contributed by atoms with Crippen molar-refractivity contribution in [3.8, 4) is 17.0 Å². The number of alkyl halides is 3. The molecule has 3 aromatic rings. The minimum absolute atomic E-state index is 0.0259. The zero-order chi connectivity index (χ0) is 22.7. The molecule has 5 nitrogen and oxygen atoms in total. The monoisotopic (exact) mass is 441 g/mol. The maximum absolute atomic E-state index is 12.4. The molecule has 0 bridgehead atoms. The molecule has 0 amide bonds. The van der Waals surface area contributed by atoms with Crippen molar-refractivity contribution >= 4 is 23.0 Å². The van der Waals surface area contributed by atoms with Gasteiger partial charge >= 0.3 is 6.36 Å². The van der Waals surface area contributed by atoms with Gasteiger partial charge in [-0.1, -0.05) is 18.2 Å². The lowest BCUT2D eigenvalue weighted by molar-refractivity contribution is -0.274. The Hall–Kier alpha value is -3.55. The smallest absolute Gasteiger partial charge is 0.406 e. The van der Waals surface area contributed by atoms with Crippen LogP contribution < -0.4 is 15.0 Å². The number of rotatable bonds is 6. The minimum atomic E-state index is -4.73. The topological polar surface area (TPSA) is 54.5 Å². The standard InChI is InChI=1S/C24H22F3N3O2/c1-16(31)17-5-4-6-18(13-17)22-14-20(15-23(29-22)30-11-2-3-12-30)28-19-7-9-21(10-8-19)32-24(25,26)27/h4-10,13-15H,2-3,11-12H2,1H3,(H,28,29). The van der Waals surface area contributed by atoms with Gasteiger partial charge in [0.2, 0.25) is 0 Å². The number of carbonyl (C=O) groups excluding carboxylic acids is 1. The van der Waals surface area contributed by atoms with E-state index in [-0.39, 0.29) is 11.5 Å². The summed E-state index contributed by atoms with van der Waals surface area (Å²) >= 11 is 0. The molecule has 32 heavy (non-hydrogen) atoms. The molecule has 0 spiro atoms. The third-order valence-electron chi connectivity index (χ3n) is 5.18. The summed E-state index contributed by atoms with van der Waals surface area (Å²) in [6.07, 6.45) is -2.54. The summed E-state index contributed by atoms with van der Waals surface area (Å²) in [5, 5.41) is 3.23. The van der Waals surface area contributed by atoms with Gasteiger partial charge in [0.1, 0.15) is 11.6 Å². The second kappa shape index (κ2) is 8.90. The number of aromatic nitrogens is 1. The summed E-state index contributed by atoms with van der Waals surface area (Å²) in [7, 11) is 0. The fourth-order valence-corrected chi connectivity index (χ4v) is 3.65. The number of benzene rings is 2. The number of hydrogen-bond acceptors (Lipinski definition) is 5. The van der Waals surface area contributed by atoms with Crippen molar-refractivity contribution in [1.29, 1.82) is 0 Å². The Bertz CT molecular complexity index is 1110. The predicted octanol–water partition coefficient (Wildman–Crippen LogP) is 6.19. The Morgan fingerprint density at radius 1 is 1.00 bits per heavy atom. The molecule has 0 aliphatic carbocycles. The third-order valence-corrected chi connectivity index (χ3v) is 5.18. The van der Waals surface area contributed by atoms with Crippen molar-refractivity contribution in [2.24, 2.45) is 0 Å². The average molecular weight is 441 g/mol. The number of nitrogens with one attached hydrogen (secondary N) is 1.